The Hall–Kier alpha value is -2.12. The molecule has 6 nitrogen and oxygen atoms in total. The molecule has 1 fully saturated rings. The highest BCUT2D eigenvalue weighted by Gasteiger charge is 2.14. The van der Waals surface area contributed by atoms with E-state index in [1.54, 1.807) is 12.1 Å². The molecule has 2 heterocycles. The van der Waals surface area contributed by atoms with Gasteiger partial charge in [0.05, 0.1) is 6.54 Å². The van der Waals surface area contributed by atoms with Crippen molar-refractivity contribution in [3.05, 3.63) is 58.0 Å². The molecule has 0 unspecified atom stereocenters. The van der Waals surface area contributed by atoms with Crippen LogP contribution in [-0.4, -0.2) is 36.3 Å². The van der Waals surface area contributed by atoms with Crippen LogP contribution in [0.5, 0.6) is 0 Å². The van der Waals surface area contributed by atoms with Crippen LogP contribution in [0.3, 0.4) is 0 Å². The van der Waals surface area contributed by atoms with Crippen LogP contribution < -0.4 is 10.6 Å². The summed E-state index contributed by atoms with van der Waals surface area (Å²) >= 11 is 3.14. The Morgan fingerprint density at radius 3 is 2.46 bits per heavy atom. The van der Waals surface area contributed by atoms with Gasteiger partial charge in [-0.2, -0.15) is 0 Å². The number of nitrogens with zero attached hydrogens (tertiary/aromatic N) is 1. The van der Waals surface area contributed by atoms with Gasteiger partial charge in [0.25, 0.3) is 5.91 Å². The van der Waals surface area contributed by atoms with Gasteiger partial charge in [0.2, 0.25) is 5.91 Å². The number of halogens is 1. The Labute approximate surface area is 161 Å². The predicted octanol–water partition coefficient (Wildman–Crippen LogP) is 2.68. The van der Waals surface area contributed by atoms with Crippen molar-refractivity contribution in [1.82, 2.24) is 15.5 Å². The molecule has 2 N–H and O–H groups in total. The van der Waals surface area contributed by atoms with Crippen molar-refractivity contribution in [1.29, 1.82) is 0 Å². The third-order valence-corrected chi connectivity index (χ3v) is 4.82. The first-order valence-electron chi connectivity index (χ1n) is 8.71. The van der Waals surface area contributed by atoms with Crippen molar-refractivity contribution in [2.24, 2.45) is 0 Å². The number of rotatable bonds is 7. The van der Waals surface area contributed by atoms with E-state index in [1.807, 2.05) is 18.2 Å². The monoisotopic (exact) mass is 419 g/mol. The molecule has 0 radical (unpaired) electrons. The lowest BCUT2D eigenvalue weighted by Gasteiger charge is -2.17. The van der Waals surface area contributed by atoms with Crippen molar-refractivity contribution < 1.29 is 14.0 Å². The van der Waals surface area contributed by atoms with Crippen LogP contribution in [0.4, 0.5) is 0 Å². The Morgan fingerprint density at radius 2 is 1.77 bits per heavy atom. The van der Waals surface area contributed by atoms with E-state index >= 15 is 0 Å². The molecule has 3 rings (SSSR count). The van der Waals surface area contributed by atoms with Gasteiger partial charge in [-0.15, -0.1) is 0 Å². The number of likely N-dealkylation sites (tertiary alicyclic amines) is 1. The maximum atomic E-state index is 12.0. The minimum Gasteiger partial charge on any atom is -0.444 e. The Kier molecular flexibility index (Phi) is 6.46. The van der Waals surface area contributed by atoms with Gasteiger partial charge < -0.3 is 15.1 Å². The molecule has 0 aliphatic carbocycles. The van der Waals surface area contributed by atoms with Gasteiger partial charge in [0.1, 0.15) is 0 Å². The highest BCUT2D eigenvalue weighted by Crippen LogP contribution is 2.16. The summed E-state index contributed by atoms with van der Waals surface area (Å²) in [6, 6.07) is 11.3. The smallest absolute Gasteiger partial charge is 0.287 e. The topological polar surface area (TPSA) is 74.6 Å². The van der Waals surface area contributed by atoms with Crippen LogP contribution in [-0.2, 0) is 17.9 Å². The average molecular weight is 420 g/mol. The largest absolute Gasteiger partial charge is 0.444 e. The van der Waals surface area contributed by atoms with Gasteiger partial charge in [-0.25, -0.2) is 0 Å². The van der Waals surface area contributed by atoms with Crippen LogP contribution in [0.15, 0.2) is 45.5 Å². The maximum absolute atomic E-state index is 12.0. The second-order valence-electron chi connectivity index (χ2n) is 6.32. The lowest BCUT2D eigenvalue weighted by atomic mass is 10.1. The molecule has 1 aromatic heterocycles. The van der Waals surface area contributed by atoms with Crippen molar-refractivity contribution in [3.8, 4) is 0 Å². The van der Waals surface area contributed by atoms with Gasteiger partial charge in [-0.1, -0.05) is 24.3 Å². The van der Waals surface area contributed by atoms with Gasteiger partial charge >= 0.3 is 0 Å². The van der Waals surface area contributed by atoms with E-state index in [4.69, 9.17) is 4.42 Å². The van der Waals surface area contributed by atoms with E-state index in [1.165, 1.54) is 18.4 Å². The van der Waals surface area contributed by atoms with Crippen LogP contribution in [0.25, 0.3) is 0 Å². The normalized spacial score (nSPS) is 14.3. The van der Waals surface area contributed by atoms with E-state index in [0.29, 0.717) is 11.2 Å². The third kappa shape index (κ3) is 5.19. The van der Waals surface area contributed by atoms with Gasteiger partial charge in [0, 0.05) is 13.1 Å². The SMILES string of the molecule is O=C(CNC(=O)c1ccc(Br)o1)NCc1ccccc1CN1CCCC1. The van der Waals surface area contributed by atoms with E-state index < -0.39 is 5.91 Å². The van der Waals surface area contributed by atoms with Crippen molar-refractivity contribution >= 4 is 27.7 Å². The molecule has 0 bridgehead atoms. The number of furan rings is 1. The number of nitrogens with one attached hydrogen (secondary N) is 2. The lowest BCUT2D eigenvalue weighted by Crippen LogP contribution is -2.36. The fourth-order valence-corrected chi connectivity index (χ4v) is 3.31. The van der Waals surface area contributed by atoms with E-state index in [-0.39, 0.29) is 18.2 Å². The predicted molar refractivity (Wildman–Crippen MR) is 102 cm³/mol. The quantitative estimate of drug-likeness (QED) is 0.723. The first-order valence-corrected chi connectivity index (χ1v) is 9.50. The number of amides is 2. The summed E-state index contributed by atoms with van der Waals surface area (Å²) in [6.45, 7) is 3.54. The number of benzene rings is 1. The second-order valence-corrected chi connectivity index (χ2v) is 7.10. The van der Waals surface area contributed by atoms with Crippen LogP contribution >= 0.6 is 15.9 Å². The zero-order valence-electron chi connectivity index (χ0n) is 14.5. The zero-order valence-corrected chi connectivity index (χ0v) is 16.0. The molecule has 7 heteroatoms. The van der Waals surface area contributed by atoms with Crippen molar-refractivity contribution in [2.45, 2.75) is 25.9 Å². The Bertz CT molecular complexity index is 769. The minimum atomic E-state index is -0.416. The molecular weight excluding hydrogens is 398 g/mol. The Morgan fingerprint density at radius 1 is 1.04 bits per heavy atom. The molecular formula is C19H22BrN3O3. The van der Waals surface area contributed by atoms with Crippen LogP contribution in [0.2, 0.25) is 0 Å². The fraction of sp³-hybridized carbons (Fsp3) is 0.368. The first kappa shape index (κ1) is 18.7. The van der Waals surface area contributed by atoms with Gasteiger partial charge in [-0.05, 0) is 65.1 Å². The molecule has 0 atom stereocenters. The average Bonchev–Trinajstić information content (AvgIpc) is 3.30. The molecule has 1 aromatic carbocycles. The second kappa shape index (κ2) is 9.00. The summed E-state index contributed by atoms with van der Waals surface area (Å²) in [4.78, 5) is 26.3. The summed E-state index contributed by atoms with van der Waals surface area (Å²) in [7, 11) is 0. The molecule has 26 heavy (non-hydrogen) atoms. The maximum Gasteiger partial charge on any atom is 0.287 e. The minimum absolute atomic E-state index is 0.0918. The summed E-state index contributed by atoms with van der Waals surface area (Å²) < 4.78 is 5.63. The summed E-state index contributed by atoms with van der Waals surface area (Å²) in [5, 5.41) is 5.41. The summed E-state index contributed by atoms with van der Waals surface area (Å²) in [6.07, 6.45) is 2.51. The van der Waals surface area contributed by atoms with Crippen molar-refractivity contribution in [2.75, 3.05) is 19.6 Å². The summed E-state index contributed by atoms with van der Waals surface area (Å²) in [5.74, 6) is -0.485. The molecule has 1 aliphatic heterocycles. The summed E-state index contributed by atoms with van der Waals surface area (Å²) in [5.41, 5.74) is 2.34. The number of carbonyl (C=O) groups excluding carboxylic acids is 2. The van der Waals surface area contributed by atoms with E-state index in [0.717, 1.165) is 25.2 Å². The highest BCUT2D eigenvalue weighted by atomic mass is 79.9. The van der Waals surface area contributed by atoms with Gasteiger partial charge in [0.15, 0.2) is 10.4 Å². The highest BCUT2D eigenvalue weighted by molar-refractivity contribution is 9.10. The van der Waals surface area contributed by atoms with E-state index in [2.05, 4.69) is 37.5 Å². The number of hydrogen-bond donors (Lipinski definition) is 2. The first-order chi connectivity index (χ1) is 12.6. The van der Waals surface area contributed by atoms with E-state index in [9.17, 15) is 9.59 Å². The molecule has 0 saturated carbocycles. The standard InChI is InChI=1S/C19H22BrN3O3/c20-17-8-7-16(26-17)19(25)22-12-18(24)21-11-14-5-1-2-6-15(14)13-23-9-3-4-10-23/h1-2,5-8H,3-4,9-13H2,(H,21,24)(H,22,25). The van der Waals surface area contributed by atoms with Crippen molar-refractivity contribution in [3.63, 3.8) is 0 Å². The number of hydrogen-bond acceptors (Lipinski definition) is 4. The molecule has 138 valence electrons. The molecule has 1 saturated heterocycles. The lowest BCUT2D eigenvalue weighted by molar-refractivity contribution is -0.120. The number of carbonyl (C=O) groups is 2. The zero-order chi connectivity index (χ0) is 18.4. The molecule has 0 spiro atoms. The third-order valence-electron chi connectivity index (χ3n) is 4.39. The molecule has 2 amide bonds. The fourth-order valence-electron chi connectivity index (χ4n) is 3.01. The molecule has 2 aromatic rings. The van der Waals surface area contributed by atoms with Crippen LogP contribution in [0.1, 0.15) is 34.5 Å². The molecule has 1 aliphatic rings. The van der Waals surface area contributed by atoms with Crippen LogP contribution in [0, 0.1) is 0 Å². The Balaban J connectivity index is 1.47. The van der Waals surface area contributed by atoms with Gasteiger partial charge in [-0.3, -0.25) is 14.5 Å².